The van der Waals surface area contributed by atoms with Gasteiger partial charge in [-0.1, -0.05) is 26.2 Å². The molecule has 1 saturated heterocycles. The molecule has 0 aliphatic carbocycles. The van der Waals surface area contributed by atoms with Crippen molar-refractivity contribution in [1.82, 2.24) is 4.90 Å². The first-order valence-corrected chi connectivity index (χ1v) is 8.17. The lowest BCUT2D eigenvalue weighted by atomic mass is 9.94. The molecule has 114 valence electrons. The summed E-state index contributed by atoms with van der Waals surface area (Å²) in [5.74, 6) is 0.939. The molecule has 0 spiro atoms. The van der Waals surface area contributed by atoms with Crippen LogP contribution in [0, 0.1) is 5.92 Å². The zero-order valence-electron chi connectivity index (χ0n) is 13.0. The summed E-state index contributed by atoms with van der Waals surface area (Å²) in [6.45, 7) is 8.20. The molecule has 1 aliphatic heterocycles. The Morgan fingerprint density at radius 1 is 1.05 bits per heavy atom. The largest absolute Gasteiger partial charge is 0.381 e. The van der Waals surface area contributed by atoms with Gasteiger partial charge in [0, 0.05) is 26.4 Å². The van der Waals surface area contributed by atoms with Gasteiger partial charge in [-0.3, -0.25) is 0 Å². The predicted molar refractivity (Wildman–Crippen MR) is 80.6 cm³/mol. The fourth-order valence-corrected chi connectivity index (χ4v) is 2.61. The molecule has 1 rings (SSSR count). The monoisotopic (exact) mass is 271 g/mol. The minimum absolute atomic E-state index is 0.881. The van der Waals surface area contributed by atoms with E-state index in [9.17, 15) is 0 Å². The first kappa shape index (κ1) is 16.9. The van der Waals surface area contributed by atoms with Gasteiger partial charge in [0.15, 0.2) is 0 Å². The Balaban J connectivity index is 1.83. The van der Waals surface area contributed by atoms with Crippen LogP contribution >= 0.6 is 0 Å². The molecular formula is C16H33NO2. The van der Waals surface area contributed by atoms with Crippen molar-refractivity contribution >= 4 is 0 Å². The fraction of sp³-hybridized carbons (Fsp3) is 1.00. The summed E-state index contributed by atoms with van der Waals surface area (Å²) in [7, 11) is 2.20. The minimum atomic E-state index is 0.881. The highest BCUT2D eigenvalue weighted by atomic mass is 16.5. The first-order chi connectivity index (χ1) is 9.33. The Hall–Kier alpha value is -0.120. The quantitative estimate of drug-likeness (QED) is 0.538. The molecule has 0 radical (unpaired) electrons. The van der Waals surface area contributed by atoms with Gasteiger partial charge in [0.2, 0.25) is 0 Å². The minimum Gasteiger partial charge on any atom is -0.381 e. The van der Waals surface area contributed by atoms with E-state index < -0.39 is 0 Å². The van der Waals surface area contributed by atoms with Crippen molar-refractivity contribution in [3.05, 3.63) is 0 Å². The molecule has 19 heavy (non-hydrogen) atoms. The molecule has 0 amide bonds. The van der Waals surface area contributed by atoms with Crippen LogP contribution in [0.2, 0.25) is 0 Å². The van der Waals surface area contributed by atoms with E-state index in [0.29, 0.717) is 0 Å². The third kappa shape index (κ3) is 9.42. The number of hydrogen-bond acceptors (Lipinski definition) is 3. The third-order valence-corrected chi connectivity index (χ3v) is 3.96. The molecule has 3 nitrogen and oxygen atoms in total. The topological polar surface area (TPSA) is 21.7 Å². The molecule has 0 aromatic carbocycles. The second kappa shape index (κ2) is 11.7. The van der Waals surface area contributed by atoms with Crippen molar-refractivity contribution in [2.45, 2.75) is 51.9 Å². The van der Waals surface area contributed by atoms with Gasteiger partial charge in [0.25, 0.3) is 0 Å². The lowest BCUT2D eigenvalue weighted by molar-refractivity contribution is 0.0630. The van der Waals surface area contributed by atoms with Gasteiger partial charge in [-0.05, 0) is 45.2 Å². The first-order valence-electron chi connectivity index (χ1n) is 8.17. The molecule has 1 aliphatic rings. The molecule has 3 heteroatoms. The van der Waals surface area contributed by atoms with Crippen LogP contribution in [0.1, 0.15) is 51.9 Å². The number of likely N-dealkylation sites (N-methyl/N-ethyl adjacent to an activating group) is 1. The molecule has 0 aromatic heterocycles. The van der Waals surface area contributed by atoms with Gasteiger partial charge in [0.1, 0.15) is 0 Å². The predicted octanol–water partition coefficient (Wildman–Crippen LogP) is 3.33. The Bertz CT molecular complexity index is 193. The van der Waals surface area contributed by atoms with E-state index in [1.807, 2.05) is 0 Å². The Kier molecular flexibility index (Phi) is 10.4. The number of nitrogens with zero attached hydrogens (tertiary/aromatic N) is 1. The highest BCUT2D eigenvalue weighted by molar-refractivity contribution is 4.63. The lowest BCUT2D eigenvalue weighted by Crippen LogP contribution is -2.24. The van der Waals surface area contributed by atoms with Crippen molar-refractivity contribution in [1.29, 1.82) is 0 Å². The van der Waals surface area contributed by atoms with E-state index in [-0.39, 0.29) is 0 Å². The second-order valence-corrected chi connectivity index (χ2v) is 5.82. The summed E-state index contributed by atoms with van der Waals surface area (Å²) < 4.78 is 10.9. The number of rotatable bonds is 11. The van der Waals surface area contributed by atoms with Crippen LogP contribution in [0.5, 0.6) is 0 Å². The Labute approximate surface area is 119 Å². The molecule has 0 N–H and O–H groups in total. The summed E-state index contributed by atoms with van der Waals surface area (Å²) in [6, 6.07) is 0. The molecule has 0 unspecified atom stereocenters. The fourth-order valence-electron chi connectivity index (χ4n) is 2.61. The van der Waals surface area contributed by atoms with Crippen molar-refractivity contribution in [2.75, 3.05) is 46.6 Å². The smallest absolute Gasteiger partial charge is 0.0593 e. The van der Waals surface area contributed by atoms with Gasteiger partial charge in [-0.25, -0.2) is 0 Å². The summed E-state index contributed by atoms with van der Waals surface area (Å²) in [6.07, 6.45) is 9.20. The summed E-state index contributed by atoms with van der Waals surface area (Å²) in [4.78, 5) is 2.39. The van der Waals surface area contributed by atoms with Crippen LogP contribution in [-0.4, -0.2) is 51.5 Å². The van der Waals surface area contributed by atoms with E-state index in [1.54, 1.807) is 0 Å². The van der Waals surface area contributed by atoms with Crippen molar-refractivity contribution in [3.8, 4) is 0 Å². The third-order valence-electron chi connectivity index (χ3n) is 3.96. The van der Waals surface area contributed by atoms with Crippen LogP contribution < -0.4 is 0 Å². The van der Waals surface area contributed by atoms with Gasteiger partial charge in [-0.15, -0.1) is 0 Å². The number of ether oxygens (including phenoxy) is 2. The van der Waals surface area contributed by atoms with Crippen molar-refractivity contribution in [3.63, 3.8) is 0 Å². The zero-order valence-corrected chi connectivity index (χ0v) is 13.0. The van der Waals surface area contributed by atoms with Gasteiger partial charge in [-0.2, -0.15) is 0 Å². The lowest BCUT2D eigenvalue weighted by Gasteiger charge is -2.22. The van der Waals surface area contributed by atoms with E-state index in [1.165, 1.54) is 45.1 Å². The molecule has 0 atom stereocenters. The van der Waals surface area contributed by atoms with Crippen LogP contribution in [0.25, 0.3) is 0 Å². The second-order valence-electron chi connectivity index (χ2n) is 5.82. The van der Waals surface area contributed by atoms with E-state index >= 15 is 0 Å². The van der Waals surface area contributed by atoms with Crippen LogP contribution in [0.15, 0.2) is 0 Å². The average molecular weight is 271 g/mol. The summed E-state index contributed by atoms with van der Waals surface area (Å²) in [5.41, 5.74) is 0. The maximum absolute atomic E-state index is 5.51. The number of hydrogen-bond donors (Lipinski definition) is 0. The maximum atomic E-state index is 5.51. The normalized spacial score (nSPS) is 17.2. The maximum Gasteiger partial charge on any atom is 0.0593 e. The zero-order chi connectivity index (χ0) is 13.8. The standard InChI is InChI=1S/C16H33NO2/c1-3-12-18-15-11-17(2)10-6-4-5-7-16-8-13-19-14-9-16/h16H,3-15H2,1-2H3. The molecule has 0 saturated carbocycles. The molecular weight excluding hydrogens is 238 g/mol. The van der Waals surface area contributed by atoms with Gasteiger partial charge in [0.05, 0.1) is 6.61 Å². The van der Waals surface area contributed by atoms with Gasteiger partial charge < -0.3 is 14.4 Å². The Morgan fingerprint density at radius 3 is 2.58 bits per heavy atom. The molecule has 0 aromatic rings. The molecule has 1 fully saturated rings. The van der Waals surface area contributed by atoms with Gasteiger partial charge >= 0.3 is 0 Å². The molecule has 0 bridgehead atoms. The summed E-state index contributed by atoms with van der Waals surface area (Å²) in [5, 5.41) is 0. The van der Waals surface area contributed by atoms with Crippen LogP contribution in [-0.2, 0) is 9.47 Å². The highest BCUT2D eigenvalue weighted by Crippen LogP contribution is 2.21. The van der Waals surface area contributed by atoms with E-state index in [2.05, 4.69) is 18.9 Å². The molecule has 1 heterocycles. The van der Waals surface area contributed by atoms with Crippen LogP contribution in [0.4, 0.5) is 0 Å². The SMILES string of the molecule is CCCOCCN(C)CCCCCC1CCOCC1. The highest BCUT2D eigenvalue weighted by Gasteiger charge is 2.12. The number of unbranched alkanes of at least 4 members (excludes halogenated alkanes) is 2. The van der Waals surface area contributed by atoms with Crippen molar-refractivity contribution in [2.24, 2.45) is 5.92 Å². The van der Waals surface area contributed by atoms with E-state index in [0.717, 1.165) is 45.3 Å². The van der Waals surface area contributed by atoms with Crippen LogP contribution in [0.3, 0.4) is 0 Å². The summed E-state index contributed by atoms with van der Waals surface area (Å²) >= 11 is 0. The average Bonchev–Trinajstić information content (AvgIpc) is 2.44. The van der Waals surface area contributed by atoms with E-state index in [4.69, 9.17) is 9.47 Å². The Morgan fingerprint density at radius 2 is 1.84 bits per heavy atom. The van der Waals surface area contributed by atoms with Crippen molar-refractivity contribution < 1.29 is 9.47 Å².